The first kappa shape index (κ1) is 22.5. The van der Waals surface area contributed by atoms with Gasteiger partial charge in [-0.15, -0.1) is 0 Å². The van der Waals surface area contributed by atoms with Crippen molar-refractivity contribution in [3.05, 3.63) is 52.3 Å². The van der Waals surface area contributed by atoms with Crippen LogP contribution in [0.2, 0.25) is 5.02 Å². The number of aromatic nitrogens is 2. The molecular weight excluding hydrogens is 426 g/mol. The average Bonchev–Trinajstić information content (AvgIpc) is 3.21. The lowest BCUT2D eigenvalue weighted by Gasteiger charge is -2.16. The number of nitrogens with zero attached hydrogens (tertiary/aromatic N) is 3. The maximum Gasteiger partial charge on any atom is 0.271 e. The molecule has 0 aliphatic carbocycles. The monoisotopic (exact) mass is 451 g/mol. The van der Waals surface area contributed by atoms with E-state index in [1.165, 1.54) is 6.20 Å². The molecule has 2 heterocycles. The van der Waals surface area contributed by atoms with Crippen LogP contribution < -0.4 is 14.9 Å². The molecule has 1 aliphatic rings. The summed E-state index contributed by atoms with van der Waals surface area (Å²) < 4.78 is 27.2. The number of nitrogens with one attached hydrogen (secondary N) is 2. The number of rotatable bonds is 8. The number of carbonyl (C=O) groups is 1. The number of hydrogen-bond acceptors (Lipinski definition) is 6. The Balaban J connectivity index is 1.72. The summed E-state index contributed by atoms with van der Waals surface area (Å²) in [6, 6.07) is 6.92. The molecule has 0 atom stereocenters. The van der Waals surface area contributed by atoms with Crippen molar-refractivity contribution in [1.82, 2.24) is 20.0 Å². The van der Waals surface area contributed by atoms with Gasteiger partial charge in [-0.2, -0.15) is 0 Å². The molecule has 1 amide bonds. The fourth-order valence-electron chi connectivity index (χ4n) is 3.32. The van der Waals surface area contributed by atoms with Crippen molar-refractivity contribution in [3.63, 3.8) is 0 Å². The zero-order valence-electron chi connectivity index (χ0n) is 17.1. The molecule has 2 N–H and O–H groups in total. The van der Waals surface area contributed by atoms with Crippen LogP contribution in [0.5, 0.6) is 0 Å². The Kier molecular flexibility index (Phi) is 7.27. The molecule has 0 bridgehead atoms. The van der Waals surface area contributed by atoms with Gasteiger partial charge in [-0.3, -0.25) is 4.79 Å². The van der Waals surface area contributed by atoms with E-state index in [9.17, 15) is 13.2 Å². The third kappa shape index (κ3) is 5.90. The number of amides is 1. The van der Waals surface area contributed by atoms with E-state index in [0.717, 1.165) is 25.9 Å². The Morgan fingerprint density at radius 2 is 1.87 bits per heavy atom. The lowest BCUT2D eigenvalue weighted by Crippen LogP contribution is -2.32. The second-order valence-corrected chi connectivity index (χ2v) is 9.70. The molecule has 3 rings (SSSR count). The molecule has 1 saturated heterocycles. The van der Waals surface area contributed by atoms with Crippen LogP contribution in [-0.4, -0.2) is 43.4 Å². The molecule has 0 spiro atoms. The van der Waals surface area contributed by atoms with Crippen LogP contribution in [0, 0.1) is 0 Å². The highest BCUT2D eigenvalue weighted by atomic mass is 35.5. The maximum atomic E-state index is 12.7. The molecule has 10 heteroatoms. The molecule has 30 heavy (non-hydrogen) atoms. The van der Waals surface area contributed by atoms with Gasteiger partial charge in [-0.1, -0.05) is 35.9 Å². The fourth-order valence-corrected chi connectivity index (χ4v) is 4.99. The van der Waals surface area contributed by atoms with Crippen molar-refractivity contribution < 1.29 is 13.2 Å². The van der Waals surface area contributed by atoms with Crippen molar-refractivity contribution >= 4 is 33.5 Å². The smallest absolute Gasteiger partial charge is 0.271 e. The van der Waals surface area contributed by atoms with Gasteiger partial charge in [0.2, 0.25) is 16.0 Å². The molecule has 0 unspecified atom stereocenters. The number of benzene rings is 1. The first-order chi connectivity index (χ1) is 14.2. The zero-order chi connectivity index (χ0) is 21.7. The van der Waals surface area contributed by atoms with Crippen molar-refractivity contribution in [2.24, 2.45) is 0 Å². The lowest BCUT2D eigenvalue weighted by molar-refractivity contribution is 0.0946. The molecule has 1 aromatic heterocycles. The summed E-state index contributed by atoms with van der Waals surface area (Å²) in [7, 11) is -3.48. The molecule has 8 nitrogen and oxygen atoms in total. The summed E-state index contributed by atoms with van der Waals surface area (Å²) in [6.07, 6.45) is 3.58. The number of halogens is 1. The van der Waals surface area contributed by atoms with Crippen molar-refractivity contribution in [2.45, 2.75) is 45.0 Å². The number of sulfonamides is 1. The molecular formula is C20H26ClN5O3S. The van der Waals surface area contributed by atoms with Gasteiger partial charge in [0.05, 0.1) is 17.0 Å². The van der Waals surface area contributed by atoms with Gasteiger partial charge in [-0.25, -0.2) is 23.1 Å². The zero-order valence-corrected chi connectivity index (χ0v) is 18.6. The lowest BCUT2D eigenvalue weighted by atomic mass is 10.1. The molecule has 1 aliphatic heterocycles. The minimum absolute atomic E-state index is 0.111. The highest BCUT2D eigenvalue weighted by Gasteiger charge is 2.20. The van der Waals surface area contributed by atoms with E-state index in [0.29, 0.717) is 17.1 Å². The van der Waals surface area contributed by atoms with E-state index in [1.807, 2.05) is 4.90 Å². The predicted molar refractivity (Wildman–Crippen MR) is 117 cm³/mol. The van der Waals surface area contributed by atoms with Crippen LogP contribution in [0.4, 0.5) is 5.95 Å². The fraction of sp³-hybridized carbons (Fsp3) is 0.450. The van der Waals surface area contributed by atoms with E-state index in [1.54, 1.807) is 38.1 Å². The largest absolute Gasteiger partial charge is 0.347 e. The van der Waals surface area contributed by atoms with Crippen LogP contribution in [0.1, 0.15) is 48.3 Å². The highest BCUT2D eigenvalue weighted by molar-refractivity contribution is 7.88. The van der Waals surface area contributed by atoms with Crippen LogP contribution in [0.15, 0.2) is 30.5 Å². The summed E-state index contributed by atoms with van der Waals surface area (Å²) in [5.41, 5.74) is 1.45. The normalized spacial score (nSPS) is 14.3. The number of hydrogen-bond donors (Lipinski definition) is 2. The van der Waals surface area contributed by atoms with E-state index in [-0.39, 0.29) is 29.1 Å². The molecule has 1 fully saturated rings. The molecule has 1 aromatic carbocycles. The first-order valence-corrected chi connectivity index (χ1v) is 11.9. The minimum atomic E-state index is -3.48. The van der Waals surface area contributed by atoms with Gasteiger partial charge in [0.1, 0.15) is 0 Å². The number of carbonyl (C=O) groups excluding carboxylic acids is 1. The van der Waals surface area contributed by atoms with Crippen LogP contribution in [0.3, 0.4) is 0 Å². The van der Waals surface area contributed by atoms with E-state index in [4.69, 9.17) is 11.6 Å². The van der Waals surface area contributed by atoms with Gasteiger partial charge >= 0.3 is 0 Å². The molecule has 0 radical (unpaired) electrons. The van der Waals surface area contributed by atoms with Gasteiger partial charge in [0.15, 0.2) is 5.69 Å². The third-order valence-corrected chi connectivity index (χ3v) is 6.45. The predicted octanol–water partition coefficient (Wildman–Crippen LogP) is 2.49. The SMILES string of the molecule is CC(C)NS(=O)(=O)Cc1ccccc1CNC(=O)c1nc(N2CCCC2)ncc1Cl. The highest BCUT2D eigenvalue weighted by Crippen LogP contribution is 2.20. The quantitative estimate of drug-likeness (QED) is 0.639. The van der Waals surface area contributed by atoms with E-state index < -0.39 is 15.9 Å². The summed E-state index contributed by atoms with van der Waals surface area (Å²) >= 11 is 6.15. The second-order valence-electron chi connectivity index (χ2n) is 7.54. The Morgan fingerprint density at radius 1 is 1.20 bits per heavy atom. The Bertz CT molecular complexity index is 1010. The van der Waals surface area contributed by atoms with Crippen LogP contribution in [0.25, 0.3) is 0 Å². The van der Waals surface area contributed by atoms with Crippen molar-refractivity contribution in [1.29, 1.82) is 0 Å². The van der Waals surface area contributed by atoms with Gasteiger partial charge in [-0.05, 0) is 37.8 Å². The standard InChI is InChI=1S/C20H26ClN5O3S/c1-14(2)25-30(28,29)13-16-8-4-3-7-15(16)11-22-19(27)18-17(21)12-23-20(24-18)26-9-5-6-10-26/h3-4,7-8,12,14,25H,5-6,9-11,13H2,1-2H3,(H,22,27). The van der Waals surface area contributed by atoms with Crippen LogP contribution in [-0.2, 0) is 22.3 Å². The van der Waals surface area contributed by atoms with Gasteiger partial charge in [0, 0.05) is 25.7 Å². The maximum absolute atomic E-state index is 12.7. The van der Waals surface area contributed by atoms with Crippen molar-refractivity contribution in [2.75, 3.05) is 18.0 Å². The molecule has 162 valence electrons. The van der Waals surface area contributed by atoms with Gasteiger partial charge < -0.3 is 10.2 Å². The van der Waals surface area contributed by atoms with E-state index in [2.05, 4.69) is 20.0 Å². The summed E-state index contributed by atoms with van der Waals surface area (Å²) in [5.74, 6) is -0.0981. The summed E-state index contributed by atoms with van der Waals surface area (Å²) in [4.78, 5) is 23.3. The summed E-state index contributed by atoms with van der Waals surface area (Å²) in [5, 5.41) is 2.97. The second kappa shape index (κ2) is 9.72. The average molecular weight is 452 g/mol. The third-order valence-electron chi connectivity index (χ3n) is 4.65. The number of anilines is 1. The summed E-state index contributed by atoms with van der Waals surface area (Å²) in [6.45, 7) is 5.41. The minimum Gasteiger partial charge on any atom is -0.347 e. The molecule has 2 aromatic rings. The Morgan fingerprint density at radius 3 is 2.53 bits per heavy atom. The topological polar surface area (TPSA) is 104 Å². The Labute approximate surface area is 182 Å². The van der Waals surface area contributed by atoms with Crippen molar-refractivity contribution in [3.8, 4) is 0 Å². The van der Waals surface area contributed by atoms with Gasteiger partial charge in [0.25, 0.3) is 5.91 Å². The molecule has 0 saturated carbocycles. The van der Waals surface area contributed by atoms with Crippen LogP contribution >= 0.6 is 11.6 Å². The first-order valence-electron chi connectivity index (χ1n) is 9.87. The van der Waals surface area contributed by atoms with E-state index >= 15 is 0 Å². The Hall–Kier alpha value is -2.23.